The van der Waals surface area contributed by atoms with Crippen molar-refractivity contribution < 1.29 is 9.59 Å². The third-order valence-electron chi connectivity index (χ3n) is 3.51. The third-order valence-corrected chi connectivity index (χ3v) is 4.39. The Morgan fingerprint density at radius 2 is 2.28 bits per heavy atom. The van der Waals surface area contributed by atoms with Gasteiger partial charge in [0, 0.05) is 17.5 Å². The Morgan fingerprint density at radius 1 is 1.50 bits per heavy atom. The van der Waals surface area contributed by atoms with Crippen LogP contribution in [0, 0.1) is 5.92 Å². The fourth-order valence-electron chi connectivity index (χ4n) is 2.35. The molecule has 1 saturated heterocycles. The molecule has 5 heteroatoms. The maximum Gasteiger partial charge on any atom is 0.228 e. The zero-order chi connectivity index (χ0) is 13.1. The largest absolute Gasteiger partial charge is 0.369 e. The van der Waals surface area contributed by atoms with Crippen LogP contribution in [-0.2, 0) is 16.0 Å². The summed E-state index contributed by atoms with van der Waals surface area (Å²) in [5.74, 6) is -0.389. The first-order valence-corrected chi connectivity index (χ1v) is 7.07. The number of carbonyl (C=O) groups is 2. The van der Waals surface area contributed by atoms with Crippen LogP contribution in [-0.4, -0.2) is 29.3 Å². The lowest BCUT2D eigenvalue weighted by molar-refractivity contribution is -0.136. The van der Waals surface area contributed by atoms with Crippen LogP contribution in [0.1, 0.15) is 24.6 Å². The van der Waals surface area contributed by atoms with E-state index < -0.39 is 0 Å². The molecule has 2 atom stereocenters. The molecular formula is C13H18N2O2S. The Labute approximate surface area is 111 Å². The van der Waals surface area contributed by atoms with E-state index in [1.807, 2.05) is 24.4 Å². The lowest BCUT2D eigenvalue weighted by Crippen LogP contribution is -2.49. The van der Waals surface area contributed by atoms with Gasteiger partial charge in [-0.25, -0.2) is 0 Å². The van der Waals surface area contributed by atoms with Crippen LogP contribution in [0.25, 0.3) is 0 Å². The zero-order valence-electron chi connectivity index (χ0n) is 10.5. The second kappa shape index (κ2) is 5.52. The van der Waals surface area contributed by atoms with Gasteiger partial charge in [-0.05, 0) is 31.2 Å². The van der Waals surface area contributed by atoms with Crippen molar-refractivity contribution >= 4 is 23.2 Å². The standard InChI is InChI=1S/C13H18N2O2S/c1-9-4-5-10(13(14)17)8-15(9)12(16)7-11-3-2-6-18-11/h2-3,6,9-10H,4-5,7-8H2,1H3,(H2,14,17). The van der Waals surface area contributed by atoms with Crippen LogP contribution < -0.4 is 5.73 Å². The Kier molecular flexibility index (Phi) is 4.01. The lowest BCUT2D eigenvalue weighted by atomic mass is 9.92. The molecule has 2 unspecified atom stereocenters. The number of likely N-dealkylation sites (tertiary alicyclic amines) is 1. The average molecular weight is 266 g/mol. The quantitative estimate of drug-likeness (QED) is 0.899. The molecule has 1 fully saturated rings. The molecule has 1 aromatic heterocycles. The van der Waals surface area contributed by atoms with Crippen LogP contribution in [0.3, 0.4) is 0 Å². The number of primary amides is 1. The van der Waals surface area contributed by atoms with Gasteiger partial charge < -0.3 is 10.6 Å². The number of nitrogens with two attached hydrogens (primary N) is 1. The highest BCUT2D eigenvalue weighted by Crippen LogP contribution is 2.23. The summed E-state index contributed by atoms with van der Waals surface area (Å²) >= 11 is 1.58. The highest BCUT2D eigenvalue weighted by molar-refractivity contribution is 7.10. The van der Waals surface area contributed by atoms with Gasteiger partial charge in [0.1, 0.15) is 0 Å². The van der Waals surface area contributed by atoms with E-state index in [-0.39, 0.29) is 23.8 Å². The molecule has 0 bridgehead atoms. The predicted octanol–water partition coefficient (Wildman–Crippen LogP) is 1.40. The minimum Gasteiger partial charge on any atom is -0.369 e. The maximum absolute atomic E-state index is 12.2. The minimum atomic E-state index is -0.296. The van der Waals surface area contributed by atoms with Crippen molar-refractivity contribution in [1.29, 1.82) is 0 Å². The third kappa shape index (κ3) is 2.90. The lowest BCUT2D eigenvalue weighted by Gasteiger charge is -2.36. The molecule has 2 N–H and O–H groups in total. The van der Waals surface area contributed by atoms with E-state index in [9.17, 15) is 9.59 Å². The van der Waals surface area contributed by atoms with Gasteiger partial charge in [0.15, 0.2) is 0 Å². The van der Waals surface area contributed by atoms with Crippen LogP contribution in [0.5, 0.6) is 0 Å². The van der Waals surface area contributed by atoms with Crippen molar-refractivity contribution in [3.63, 3.8) is 0 Å². The first-order valence-electron chi connectivity index (χ1n) is 6.19. The molecule has 4 nitrogen and oxygen atoms in total. The summed E-state index contributed by atoms with van der Waals surface area (Å²) < 4.78 is 0. The summed E-state index contributed by atoms with van der Waals surface area (Å²) in [7, 11) is 0. The number of hydrogen-bond acceptors (Lipinski definition) is 3. The normalized spacial score (nSPS) is 23.9. The Bertz CT molecular complexity index is 430. The van der Waals surface area contributed by atoms with Crippen molar-refractivity contribution in [2.24, 2.45) is 11.7 Å². The Balaban J connectivity index is 2.01. The molecular weight excluding hydrogens is 248 g/mol. The van der Waals surface area contributed by atoms with Crippen LogP contribution in [0.2, 0.25) is 0 Å². The van der Waals surface area contributed by atoms with E-state index in [0.717, 1.165) is 17.7 Å². The van der Waals surface area contributed by atoms with Crippen LogP contribution >= 0.6 is 11.3 Å². The monoisotopic (exact) mass is 266 g/mol. The number of rotatable bonds is 3. The smallest absolute Gasteiger partial charge is 0.228 e. The molecule has 1 aliphatic heterocycles. The molecule has 1 aromatic rings. The van der Waals surface area contributed by atoms with Gasteiger partial charge in [-0.3, -0.25) is 9.59 Å². The van der Waals surface area contributed by atoms with Crippen LogP contribution in [0.15, 0.2) is 17.5 Å². The molecule has 1 aliphatic rings. The van der Waals surface area contributed by atoms with Gasteiger partial charge in [0.05, 0.1) is 12.3 Å². The van der Waals surface area contributed by atoms with E-state index in [2.05, 4.69) is 0 Å². The van der Waals surface area contributed by atoms with Crippen molar-refractivity contribution in [1.82, 2.24) is 4.90 Å². The van der Waals surface area contributed by atoms with Crippen molar-refractivity contribution in [2.75, 3.05) is 6.54 Å². The Morgan fingerprint density at radius 3 is 2.89 bits per heavy atom. The molecule has 18 heavy (non-hydrogen) atoms. The molecule has 0 radical (unpaired) electrons. The molecule has 2 rings (SSSR count). The highest BCUT2D eigenvalue weighted by atomic mass is 32.1. The summed E-state index contributed by atoms with van der Waals surface area (Å²) in [5.41, 5.74) is 5.34. The van der Waals surface area contributed by atoms with E-state index in [1.165, 1.54) is 0 Å². The molecule has 0 aromatic carbocycles. The van der Waals surface area contributed by atoms with Gasteiger partial charge in [0.25, 0.3) is 0 Å². The summed E-state index contributed by atoms with van der Waals surface area (Å²) in [6, 6.07) is 4.11. The second-order valence-electron chi connectivity index (χ2n) is 4.83. The molecule has 0 aliphatic carbocycles. The van der Waals surface area contributed by atoms with Gasteiger partial charge in [-0.15, -0.1) is 11.3 Å². The number of amides is 2. The summed E-state index contributed by atoms with van der Waals surface area (Å²) in [6.45, 7) is 2.50. The average Bonchev–Trinajstić information content (AvgIpc) is 2.81. The minimum absolute atomic E-state index is 0.0934. The number of nitrogens with zero attached hydrogens (tertiary/aromatic N) is 1. The zero-order valence-corrected chi connectivity index (χ0v) is 11.3. The van der Waals surface area contributed by atoms with Crippen molar-refractivity contribution in [3.05, 3.63) is 22.4 Å². The molecule has 2 amide bonds. The number of hydrogen-bond donors (Lipinski definition) is 1. The van der Waals surface area contributed by atoms with Crippen LogP contribution in [0.4, 0.5) is 0 Å². The van der Waals surface area contributed by atoms with E-state index >= 15 is 0 Å². The topological polar surface area (TPSA) is 63.4 Å². The molecule has 0 saturated carbocycles. The highest BCUT2D eigenvalue weighted by Gasteiger charge is 2.31. The molecule has 0 spiro atoms. The summed E-state index contributed by atoms with van der Waals surface area (Å²) in [6.07, 6.45) is 2.07. The van der Waals surface area contributed by atoms with Gasteiger partial charge in [-0.1, -0.05) is 6.07 Å². The van der Waals surface area contributed by atoms with E-state index in [0.29, 0.717) is 13.0 Å². The molecule has 2 heterocycles. The fourth-order valence-corrected chi connectivity index (χ4v) is 3.05. The maximum atomic E-state index is 12.2. The van der Waals surface area contributed by atoms with Crippen molar-refractivity contribution in [3.8, 4) is 0 Å². The van der Waals surface area contributed by atoms with Gasteiger partial charge >= 0.3 is 0 Å². The number of piperidine rings is 1. The first kappa shape index (κ1) is 13.1. The number of thiophene rings is 1. The number of carbonyl (C=O) groups excluding carboxylic acids is 2. The molecule has 98 valence electrons. The SMILES string of the molecule is CC1CCC(C(N)=O)CN1C(=O)Cc1cccs1. The first-order chi connectivity index (χ1) is 8.58. The van der Waals surface area contributed by atoms with E-state index in [4.69, 9.17) is 5.73 Å². The van der Waals surface area contributed by atoms with Gasteiger partial charge in [-0.2, -0.15) is 0 Å². The van der Waals surface area contributed by atoms with Crippen molar-refractivity contribution in [2.45, 2.75) is 32.2 Å². The van der Waals surface area contributed by atoms with E-state index in [1.54, 1.807) is 16.2 Å². The summed E-state index contributed by atoms with van der Waals surface area (Å²) in [4.78, 5) is 26.3. The fraction of sp³-hybridized carbons (Fsp3) is 0.538. The Hall–Kier alpha value is -1.36. The summed E-state index contributed by atoms with van der Waals surface area (Å²) in [5, 5.41) is 1.97. The predicted molar refractivity (Wildman–Crippen MR) is 71.1 cm³/mol. The second-order valence-corrected chi connectivity index (χ2v) is 5.86. The van der Waals surface area contributed by atoms with Gasteiger partial charge in [0.2, 0.25) is 11.8 Å².